The molecular formula is C12H15N3O2S. The summed E-state index contributed by atoms with van der Waals surface area (Å²) < 4.78 is 10.6. The van der Waals surface area contributed by atoms with Crippen LogP contribution in [-0.2, 0) is 6.42 Å². The Balaban J connectivity index is 1.96. The van der Waals surface area contributed by atoms with E-state index in [1.807, 2.05) is 12.4 Å². The first-order valence-electron chi connectivity index (χ1n) is 5.53. The van der Waals surface area contributed by atoms with Crippen LogP contribution in [0.1, 0.15) is 10.6 Å². The number of pyridine rings is 1. The Kier molecular flexibility index (Phi) is 3.99. The molecule has 0 spiro atoms. The highest BCUT2D eigenvalue weighted by atomic mass is 32.1. The summed E-state index contributed by atoms with van der Waals surface area (Å²) in [7, 11) is 1.56. The molecule has 2 aromatic rings. The second-order valence-corrected chi connectivity index (χ2v) is 4.65. The molecule has 2 heterocycles. The van der Waals surface area contributed by atoms with E-state index >= 15 is 0 Å². The standard InChI is InChI=1S/C12H15N3O2S/c1-8-10(18-7-14-8)5-6-17-12-9(13)3-4-11(15-12)16-2/h3-4,7H,5-6,13H2,1-2H3. The van der Waals surface area contributed by atoms with Gasteiger partial charge < -0.3 is 15.2 Å². The molecule has 0 saturated heterocycles. The van der Waals surface area contributed by atoms with E-state index < -0.39 is 0 Å². The summed E-state index contributed by atoms with van der Waals surface area (Å²) >= 11 is 1.63. The molecule has 18 heavy (non-hydrogen) atoms. The summed E-state index contributed by atoms with van der Waals surface area (Å²) in [5.41, 5.74) is 9.18. The molecule has 0 unspecified atom stereocenters. The zero-order valence-corrected chi connectivity index (χ0v) is 11.2. The Morgan fingerprint density at radius 2 is 2.22 bits per heavy atom. The fourth-order valence-electron chi connectivity index (χ4n) is 1.47. The van der Waals surface area contributed by atoms with Gasteiger partial charge in [0, 0.05) is 17.4 Å². The minimum absolute atomic E-state index is 0.413. The van der Waals surface area contributed by atoms with Crippen LogP contribution in [0.5, 0.6) is 11.8 Å². The molecule has 0 fully saturated rings. The number of thiazole rings is 1. The van der Waals surface area contributed by atoms with E-state index in [1.165, 1.54) is 4.88 Å². The van der Waals surface area contributed by atoms with Crippen molar-refractivity contribution in [2.24, 2.45) is 0 Å². The van der Waals surface area contributed by atoms with Crippen LogP contribution in [-0.4, -0.2) is 23.7 Å². The van der Waals surface area contributed by atoms with E-state index in [0.717, 1.165) is 12.1 Å². The van der Waals surface area contributed by atoms with E-state index in [1.54, 1.807) is 30.6 Å². The summed E-state index contributed by atoms with van der Waals surface area (Å²) in [6.45, 7) is 2.51. The van der Waals surface area contributed by atoms with E-state index in [0.29, 0.717) is 24.1 Å². The zero-order valence-electron chi connectivity index (χ0n) is 10.3. The van der Waals surface area contributed by atoms with Crippen molar-refractivity contribution in [1.29, 1.82) is 0 Å². The summed E-state index contributed by atoms with van der Waals surface area (Å²) in [5.74, 6) is 0.907. The number of methoxy groups -OCH3 is 1. The molecule has 2 aromatic heterocycles. The fraction of sp³-hybridized carbons (Fsp3) is 0.333. The van der Waals surface area contributed by atoms with Crippen molar-refractivity contribution in [1.82, 2.24) is 9.97 Å². The van der Waals surface area contributed by atoms with Gasteiger partial charge in [0.25, 0.3) is 0 Å². The molecule has 0 atom stereocenters. The quantitative estimate of drug-likeness (QED) is 0.896. The molecular weight excluding hydrogens is 250 g/mol. The highest BCUT2D eigenvalue weighted by Gasteiger charge is 2.06. The molecule has 0 radical (unpaired) electrons. The molecule has 0 amide bonds. The summed E-state index contributed by atoms with van der Waals surface area (Å²) in [4.78, 5) is 9.56. The number of aryl methyl sites for hydroxylation is 1. The molecule has 0 aliphatic carbocycles. The number of ether oxygens (including phenoxy) is 2. The largest absolute Gasteiger partial charge is 0.481 e. The molecule has 0 aliphatic rings. The number of nitrogen functional groups attached to an aromatic ring is 1. The Morgan fingerprint density at radius 1 is 1.39 bits per heavy atom. The van der Waals surface area contributed by atoms with Gasteiger partial charge in [-0.25, -0.2) is 4.98 Å². The molecule has 0 aromatic carbocycles. The van der Waals surface area contributed by atoms with Gasteiger partial charge in [0.1, 0.15) is 0 Å². The van der Waals surface area contributed by atoms with Crippen molar-refractivity contribution in [3.8, 4) is 11.8 Å². The average molecular weight is 265 g/mol. The Labute approximate surface area is 110 Å². The fourth-order valence-corrected chi connectivity index (χ4v) is 2.23. The van der Waals surface area contributed by atoms with E-state index in [9.17, 15) is 0 Å². The van der Waals surface area contributed by atoms with Gasteiger partial charge in [0.2, 0.25) is 11.8 Å². The van der Waals surface area contributed by atoms with Crippen LogP contribution in [0.2, 0.25) is 0 Å². The first kappa shape index (κ1) is 12.6. The van der Waals surface area contributed by atoms with Gasteiger partial charge in [-0.1, -0.05) is 0 Å². The van der Waals surface area contributed by atoms with E-state index in [2.05, 4.69) is 9.97 Å². The third kappa shape index (κ3) is 2.89. The van der Waals surface area contributed by atoms with Gasteiger partial charge in [0.05, 0.1) is 30.6 Å². The third-order valence-electron chi connectivity index (χ3n) is 2.49. The summed E-state index contributed by atoms with van der Waals surface area (Å²) in [5, 5.41) is 0. The number of anilines is 1. The second-order valence-electron chi connectivity index (χ2n) is 3.71. The van der Waals surface area contributed by atoms with Crippen molar-refractivity contribution in [2.45, 2.75) is 13.3 Å². The first-order chi connectivity index (χ1) is 8.70. The van der Waals surface area contributed by atoms with Gasteiger partial charge in [-0.05, 0) is 13.0 Å². The number of aromatic nitrogens is 2. The van der Waals surface area contributed by atoms with Crippen molar-refractivity contribution in [3.05, 3.63) is 28.2 Å². The lowest BCUT2D eigenvalue weighted by Crippen LogP contribution is -2.05. The van der Waals surface area contributed by atoms with Crippen LogP contribution in [0.3, 0.4) is 0 Å². The molecule has 0 bridgehead atoms. The van der Waals surface area contributed by atoms with Crippen LogP contribution in [0.15, 0.2) is 17.6 Å². The van der Waals surface area contributed by atoms with Gasteiger partial charge >= 0.3 is 0 Å². The molecule has 0 saturated carbocycles. The minimum Gasteiger partial charge on any atom is -0.481 e. The molecule has 6 heteroatoms. The Hall–Kier alpha value is -1.82. The maximum absolute atomic E-state index is 5.78. The maximum Gasteiger partial charge on any atom is 0.240 e. The van der Waals surface area contributed by atoms with Gasteiger partial charge in [-0.15, -0.1) is 11.3 Å². The predicted molar refractivity (Wildman–Crippen MR) is 71.3 cm³/mol. The number of hydrogen-bond donors (Lipinski definition) is 1. The summed E-state index contributed by atoms with van der Waals surface area (Å²) in [6, 6.07) is 3.43. The van der Waals surface area contributed by atoms with E-state index in [4.69, 9.17) is 15.2 Å². The number of nitrogens with zero attached hydrogens (tertiary/aromatic N) is 2. The Morgan fingerprint density at radius 3 is 2.89 bits per heavy atom. The number of nitrogens with two attached hydrogens (primary N) is 1. The van der Waals surface area contributed by atoms with Crippen LogP contribution >= 0.6 is 11.3 Å². The highest BCUT2D eigenvalue weighted by Crippen LogP contribution is 2.22. The normalized spacial score (nSPS) is 10.3. The van der Waals surface area contributed by atoms with Gasteiger partial charge in [0.15, 0.2) is 0 Å². The number of rotatable bonds is 5. The first-order valence-corrected chi connectivity index (χ1v) is 6.41. The lowest BCUT2D eigenvalue weighted by molar-refractivity contribution is 0.304. The van der Waals surface area contributed by atoms with E-state index in [-0.39, 0.29) is 0 Å². The van der Waals surface area contributed by atoms with Crippen molar-refractivity contribution >= 4 is 17.0 Å². The topological polar surface area (TPSA) is 70.3 Å². The maximum atomic E-state index is 5.78. The molecule has 2 rings (SSSR count). The SMILES string of the molecule is COc1ccc(N)c(OCCc2scnc2C)n1. The van der Waals surface area contributed by atoms with Gasteiger partial charge in [-0.2, -0.15) is 4.98 Å². The van der Waals surface area contributed by atoms with Gasteiger partial charge in [-0.3, -0.25) is 0 Å². The lowest BCUT2D eigenvalue weighted by Gasteiger charge is -2.08. The molecule has 5 nitrogen and oxygen atoms in total. The van der Waals surface area contributed by atoms with Crippen molar-refractivity contribution in [3.63, 3.8) is 0 Å². The Bertz CT molecular complexity index is 528. The van der Waals surface area contributed by atoms with Crippen LogP contribution < -0.4 is 15.2 Å². The molecule has 2 N–H and O–H groups in total. The number of hydrogen-bond acceptors (Lipinski definition) is 6. The molecule has 96 valence electrons. The monoisotopic (exact) mass is 265 g/mol. The summed E-state index contributed by atoms with van der Waals surface area (Å²) in [6.07, 6.45) is 0.800. The van der Waals surface area contributed by atoms with Crippen LogP contribution in [0.4, 0.5) is 5.69 Å². The lowest BCUT2D eigenvalue weighted by atomic mass is 10.3. The average Bonchev–Trinajstić information content (AvgIpc) is 2.77. The second kappa shape index (κ2) is 5.68. The molecule has 0 aliphatic heterocycles. The third-order valence-corrected chi connectivity index (χ3v) is 3.48. The van der Waals surface area contributed by atoms with Crippen LogP contribution in [0, 0.1) is 6.92 Å². The predicted octanol–water partition coefficient (Wildman–Crippen LogP) is 2.06. The van der Waals surface area contributed by atoms with Crippen LogP contribution in [0.25, 0.3) is 0 Å². The van der Waals surface area contributed by atoms with Crippen molar-refractivity contribution < 1.29 is 9.47 Å². The minimum atomic E-state index is 0.413. The van der Waals surface area contributed by atoms with Crippen molar-refractivity contribution in [2.75, 3.05) is 19.5 Å². The smallest absolute Gasteiger partial charge is 0.240 e. The zero-order chi connectivity index (χ0) is 13.0. The highest BCUT2D eigenvalue weighted by molar-refractivity contribution is 7.09.